The van der Waals surface area contributed by atoms with Crippen molar-refractivity contribution in [2.45, 2.75) is 63.5 Å². The number of unbranched alkanes of at least 4 members (excludes halogenated alkanes) is 5. The first-order valence-corrected chi connectivity index (χ1v) is 11.6. The van der Waals surface area contributed by atoms with Crippen LogP contribution in [0.15, 0.2) is 0 Å². The molecule has 1 unspecified atom stereocenters. The average Bonchev–Trinajstić information content (AvgIpc) is 2.56. The fraction of sp³-hybridized carbons (Fsp3) is 1.00. The Kier molecular flexibility index (Phi) is 13.8. The van der Waals surface area contributed by atoms with Crippen LogP contribution in [0.5, 0.6) is 0 Å². The van der Waals surface area contributed by atoms with Gasteiger partial charge in [0.2, 0.25) is 0 Å². The summed E-state index contributed by atoms with van der Waals surface area (Å²) in [5.41, 5.74) is 0.229. The van der Waals surface area contributed by atoms with Gasteiger partial charge >= 0.3 is 18.1 Å². The predicted molar refractivity (Wildman–Crippen MR) is 93.1 cm³/mol. The summed E-state index contributed by atoms with van der Waals surface area (Å²) in [7, 11) is 4.51. The van der Waals surface area contributed by atoms with Crippen LogP contribution < -0.4 is 0 Å². The Labute approximate surface area is 139 Å². The Morgan fingerprint density at radius 2 is 1.27 bits per heavy atom. The van der Waals surface area contributed by atoms with Crippen molar-refractivity contribution in [3.8, 4) is 0 Å². The summed E-state index contributed by atoms with van der Waals surface area (Å²) in [5.74, 6) is 0. The molecule has 0 aliphatic heterocycles. The molecule has 0 aromatic rings. The molecular formula is C15H35O5Si2. The van der Waals surface area contributed by atoms with Crippen molar-refractivity contribution in [3.05, 3.63) is 0 Å². The highest BCUT2D eigenvalue weighted by Crippen LogP contribution is 2.34. The Morgan fingerprint density at radius 3 is 1.73 bits per heavy atom. The van der Waals surface area contributed by atoms with Crippen molar-refractivity contribution in [2.24, 2.45) is 0 Å². The van der Waals surface area contributed by atoms with Crippen LogP contribution >= 0.6 is 0 Å². The zero-order valence-electron chi connectivity index (χ0n) is 15.3. The molecule has 0 saturated carbocycles. The van der Waals surface area contributed by atoms with E-state index in [0.29, 0.717) is 0 Å². The van der Waals surface area contributed by atoms with E-state index < -0.39 is 18.1 Å². The largest absolute Gasteiger partial charge is 0.503 e. The lowest BCUT2D eigenvalue weighted by Gasteiger charge is -2.33. The lowest BCUT2D eigenvalue weighted by molar-refractivity contribution is 0.109. The molecule has 0 bridgehead atoms. The molecular weight excluding hydrogens is 316 g/mol. The van der Waals surface area contributed by atoms with Crippen LogP contribution in [0.25, 0.3) is 0 Å². The molecule has 1 atom stereocenters. The van der Waals surface area contributed by atoms with Gasteiger partial charge in [0.1, 0.15) is 0 Å². The molecule has 0 aliphatic rings. The zero-order chi connectivity index (χ0) is 16.8. The molecule has 0 N–H and O–H groups in total. The topological polar surface area (TPSA) is 46.2 Å². The minimum absolute atomic E-state index is 0.229. The second-order valence-electron chi connectivity index (χ2n) is 5.45. The molecule has 0 aromatic carbocycles. The van der Waals surface area contributed by atoms with E-state index in [1.54, 1.807) is 35.5 Å². The summed E-state index contributed by atoms with van der Waals surface area (Å²) < 4.78 is 28.0. The lowest BCUT2D eigenvalue weighted by Crippen LogP contribution is -2.49. The molecule has 0 aliphatic carbocycles. The van der Waals surface area contributed by atoms with Crippen molar-refractivity contribution in [1.82, 2.24) is 0 Å². The smallest absolute Gasteiger partial charge is 0.397 e. The van der Waals surface area contributed by atoms with E-state index in [1.807, 2.05) is 0 Å². The maximum absolute atomic E-state index is 5.68. The van der Waals surface area contributed by atoms with E-state index in [1.165, 1.54) is 38.5 Å². The molecule has 0 spiro atoms. The van der Waals surface area contributed by atoms with Crippen LogP contribution in [0.4, 0.5) is 0 Å². The van der Waals surface area contributed by atoms with Crippen LogP contribution in [0, 0.1) is 0 Å². The molecule has 1 radical (unpaired) electrons. The molecule has 0 heterocycles. The van der Waals surface area contributed by atoms with E-state index in [-0.39, 0.29) is 5.54 Å². The third kappa shape index (κ3) is 7.67. The zero-order valence-corrected chi connectivity index (χ0v) is 17.3. The van der Waals surface area contributed by atoms with E-state index in [2.05, 4.69) is 6.92 Å². The second-order valence-corrected chi connectivity index (χ2v) is 10.7. The van der Waals surface area contributed by atoms with Gasteiger partial charge in [0.15, 0.2) is 0 Å². The van der Waals surface area contributed by atoms with Crippen LogP contribution in [0.2, 0.25) is 11.6 Å². The van der Waals surface area contributed by atoms with Crippen molar-refractivity contribution < 1.29 is 22.1 Å². The van der Waals surface area contributed by atoms with E-state index in [0.717, 1.165) is 12.5 Å². The highest BCUT2D eigenvalue weighted by molar-refractivity contribution is 6.64. The van der Waals surface area contributed by atoms with Gasteiger partial charge in [0.25, 0.3) is 0 Å². The summed E-state index contributed by atoms with van der Waals surface area (Å²) in [6.45, 7) is 2.24. The minimum atomic E-state index is -2.65. The highest BCUT2D eigenvalue weighted by Gasteiger charge is 2.48. The van der Waals surface area contributed by atoms with Gasteiger partial charge in [-0.15, -0.1) is 0 Å². The number of hydrogen-bond donors (Lipinski definition) is 0. The van der Waals surface area contributed by atoms with Gasteiger partial charge < -0.3 is 22.1 Å². The van der Waals surface area contributed by atoms with Gasteiger partial charge in [-0.05, 0) is 12.5 Å². The molecule has 0 fully saturated rings. The van der Waals surface area contributed by atoms with Gasteiger partial charge in [-0.1, -0.05) is 45.4 Å². The summed E-state index contributed by atoms with van der Waals surface area (Å²) in [5, 5.41) is 0. The second kappa shape index (κ2) is 13.7. The number of rotatable bonds is 15. The molecule has 7 heteroatoms. The Balaban J connectivity index is 4.57. The normalized spacial score (nSPS) is 13.8. The van der Waals surface area contributed by atoms with Crippen LogP contribution in [0.1, 0.15) is 51.9 Å². The van der Waals surface area contributed by atoms with Gasteiger partial charge in [-0.25, -0.2) is 0 Å². The van der Waals surface area contributed by atoms with E-state index in [9.17, 15) is 0 Å². The highest BCUT2D eigenvalue weighted by atomic mass is 28.4. The molecule has 0 aromatic heterocycles. The first-order chi connectivity index (χ1) is 10.6. The first kappa shape index (κ1) is 22.2. The quantitative estimate of drug-likeness (QED) is 0.332. The average molecular weight is 352 g/mol. The third-order valence-corrected chi connectivity index (χ3v) is 9.47. The van der Waals surface area contributed by atoms with Gasteiger partial charge in [0.05, 0.1) is 0 Å². The van der Waals surface area contributed by atoms with E-state index >= 15 is 0 Å². The fourth-order valence-electron chi connectivity index (χ4n) is 2.78. The Bertz CT molecular complexity index is 240. The molecule has 0 saturated heterocycles. The maximum Gasteiger partial charge on any atom is 0.503 e. The molecule has 5 nitrogen and oxygen atoms in total. The molecule has 133 valence electrons. The first-order valence-electron chi connectivity index (χ1n) is 8.23. The Morgan fingerprint density at radius 1 is 0.773 bits per heavy atom. The molecule has 0 rings (SSSR count). The SMILES string of the molecule is CCCCCCCCC(C[Si](OC)OC)[Si](OC)(OC)OC. The van der Waals surface area contributed by atoms with Crippen molar-refractivity contribution in [3.63, 3.8) is 0 Å². The van der Waals surface area contributed by atoms with Gasteiger partial charge in [-0.2, -0.15) is 0 Å². The minimum Gasteiger partial charge on any atom is -0.397 e. The van der Waals surface area contributed by atoms with Gasteiger partial charge in [-0.3, -0.25) is 0 Å². The third-order valence-electron chi connectivity index (χ3n) is 4.13. The van der Waals surface area contributed by atoms with E-state index in [4.69, 9.17) is 22.1 Å². The monoisotopic (exact) mass is 351 g/mol. The summed E-state index contributed by atoms with van der Waals surface area (Å²) in [4.78, 5) is 0. The van der Waals surface area contributed by atoms with Gasteiger partial charge in [0, 0.05) is 41.1 Å². The summed E-state index contributed by atoms with van der Waals surface area (Å²) in [6, 6.07) is 0.828. The van der Waals surface area contributed by atoms with Crippen molar-refractivity contribution in [1.29, 1.82) is 0 Å². The lowest BCUT2D eigenvalue weighted by atomic mass is 10.1. The molecule has 22 heavy (non-hydrogen) atoms. The number of hydrogen-bond acceptors (Lipinski definition) is 5. The molecule has 0 amide bonds. The van der Waals surface area contributed by atoms with Crippen molar-refractivity contribution in [2.75, 3.05) is 35.5 Å². The van der Waals surface area contributed by atoms with Crippen LogP contribution in [-0.2, 0) is 22.1 Å². The summed E-state index contributed by atoms with van der Waals surface area (Å²) >= 11 is 0. The van der Waals surface area contributed by atoms with Crippen LogP contribution in [-0.4, -0.2) is 53.6 Å². The standard InChI is InChI=1S/C15H35O5Si2/c1-7-8-9-10-11-12-13-15(14-21(16-2)17-3)22(18-4,19-5)20-6/h15H,7-14H2,1-6H3. The summed E-state index contributed by atoms with van der Waals surface area (Å²) in [6.07, 6.45) is 8.69. The van der Waals surface area contributed by atoms with Crippen LogP contribution in [0.3, 0.4) is 0 Å². The maximum atomic E-state index is 5.68. The van der Waals surface area contributed by atoms with Crippen molar-refractivity contribution >= 4 is 18.1 Å². The Hall–Kier alpha value is 0.234. The predicted octanol–water partition coefficient (Wildman–Crippen LogP) is 3.77. The fourth-order valence-corrected chi connectivity index (χ4v) is 7.44.